The summed E-state index contributed by atoms with van der Waals surface area (Å²) < 4.78 is 26.6. The quantitative estimate of drug-likeness (QED) is 0.781. The van der Waals surface area contributed by atoms with Crippen LogP contribution in [0.3, 0.4) is 0 Å². The molecule has 0 fully saturated rings. The number of aromatic nitrogens is 1. The normalized spacial score (nSPS) is 12.6. The summed E-state index contributed by atoms with van der Waals surface area (Å²) in [5.41, 5.74) is 0.459. The Morgan fingerprint density at radius 3 is 2.84 bits per heavy atom. The molecular formula is C13H18N2O3S. The van der Waals surface area contributed by atoms with Gasteiger partial charge < -0.3 is 5.11 Å². The van der Waals surface area contributed by atoms with E-state index >= 15 is 0 Å². The number of pyridine rings is 1. The zero-order valence-corrected chi connectivity index (χ0v) is 11.9. The average molecular weight is 282 g/mol. The van der Waals surface area contributed by atoms with Gasteiger partial charge in [-0.15, -0.1) is 0 Å². The Morgan fingerprint density at radius 1 is 1.47 bits per heavy atom. The molecule has 0 aliphatic carbocycles. The van der Waals surface area contributed by atoms with Gasteiger partial charge in [0.1, 0.15) is 11.5 Å². The van der Waals surface area contributed by atoms with Gasteiger partial charge in [0.2, 0.25) is 10.0 Å². The second-order valence-electron chi connectivity index (χ2n) is 4.23. The molecule has 1 unspecified atom stereocenters. The standard InChI is InChI=1S/C13H18N2O3S/c1-3-11(2)8-15-19(17,18)13-7-12(5-4-6-16)9-14-10-13/h7,9-11,15-16H,3,6,8H2,1-2H3. The molecule has 1 atom stereocenters. The van der Waals surface area contributed by atoms with Gasteiger partial charge in [0.25, 0.3) is 0 Å². The predicted octanol–water partition coefficient (Wildman–Crippen LogP) is 0.750. The molecule has 19 heavy (non-hydrogen) atoms. The fourth-order valence-electron chi connectivity index (χ4n) is 1.26. The molecule has 2 N–H and O–H groups in total. The van der Waals surface area contributed by atoms with E-state index in [1.54, 1.807) is 0 Å². The molecule has 6 heteroatoms. The van der Waals surface area contributed by atoms with Crippen molar-refractivity contribution in [2.75, 3.05) is 13.2 Å². The van der Waals surface area contributed by atoms with Crippen LogP contribution in [-0.4, -0.2) is 31.7 Å². The van der Waals surface area contributed by atoms with Gasteiger partial charge in [0.05, 0.1) is 0 Å². The third-order valence-electron chi connectivity index (χ3n) is 2.65. The molecule has 0 saturated heterocycles. The number of nitrogens with zero attached hydrogens (tertiary/aromatic N) is 1. The number of aliphatic hydroxyl groups is 1. The number of aliphatic hydroxyl groups excluding tert-OH is 1. The summed E-state index contributed by atoms with van der Waals surface area (Å²) in [6.45, 7) is 4.10. The second kappa shape index (κ2) is 7.24. The van der Waals surface area contributed by atoms with Gasteiger partial charge in [-0.25, -0.2) is 13.1 Å². The third-order valence-corrected chi connectivity index (χ3v) is 4.04. The van der Waals surface area contributed by atoms with E-state index in [4.69, 9.17) is 5.11 Å². The number of rotatable bonds is 5. The van der Waals surface area contributed by atoms with Gasteiger partial charge in [-0.2, -0.15) is 0 Å². The SMILES string of the molecule is CCC(C)CNS(=O)(=O)c1cncc(C#CCO)c1. The topological polar surface area (TPSA) is 79.3 Å². The molecular weight excluding hydrogens is 264 g/mol. The van der Waals surface area contributed by atoms with Crippen LogP contribution in [-0.2, 0) is 10.0 Å². The summed E-state index contributed by atoms with van der Waals surface area (Å²) in [4.78, 5) is 3.93. The lowest BCUT2D eigenvalue weighted by molar-refractivity contribution is 0.350. The van der Waals surface area contributed by atoms with E-state index in [1.807, 2.05) is 13.8 Å². The Hall–Kier alpha value is -1.42. The molecule has 0 saturated carbocycles. The van der Waals surface area contributed by atoms with Crippen molar-refractivity contribution in [3.05, 3.63) is 24.0 Å². The summed E-state index contributed by atoms with van der Waals surface area (Å²) in [7, 11) is -3.56. The Morgan fingerprint density at radius 2 is 2.21 bits per heavy atom. The van der Waals surface area contributed by atoms with E-state index in [0.29, 0.717) is 12.1 Å². The van der Waals surface area contributed by atoms with Crippen molar-refractivity contribution < 1.29 is 13.5 Å². The fraction of sp³-hybridized carbons (Fsp3) is 0.462. The zero-order valence-electron chi connectivity index (χ0n) is 11.0. The molecule has 0 amide bonds. The molecule has 1 heterocycles. The maximum Gasteiger partial charge on any atom is 0.242 e. The maximum atomic E-state index is 12.0. The zero-order chi connectivity index (χ0) is 14.3. The van der Waals surface area contributed by atoms with Crippen molar-refractivity contribution in [2.24, 2.45) is 5.92 Å². The smallest absolute Gasteiger partial charge is 0.242 e. The molecule has 0 aliphatic heterocycles. The second-order valence-corrected chi connectivity index (χ2v) is 6.00. The first-order chi connectivity index (χ1) is 8.99. The van der Waals surface area contributed by atoms with Gasteiger partial charge in [0, 0.05) is 24.5 Å². The minimum Gasteiger partial charge on any atom is -0.384 e. The summed E-state index contributed by atoms with van der Waals surface area (Å²) in [5.74, 6) is 5.36. The Labute approximate surface area is 114 Å². The van der Waals surface area contributed by atoms with Gasteiger partial charge in [0.15, 0.2) is 0 Å². The van der Waals surface area contributed by atoms with Crippen LogP contribution in [0.4, 0.5) is 0 Å². The summed E-state index contributed by atoms with van der Waals surface area (Å²) in [6.07, 6.45) is 3.64. The van der Waals surface area contributed by atoms with Gasteiger partial charge in [-0.3, -0.25) is 4.98 Å². The highest BCUT2D eigenvalue weighted by molar-refractivity contribution is 7.89. The molecule has 1 aromatic heterocycles. The van der Waals surface area contributed by atoms with Crippen LogP contribution in [0, 0.1) is 17.8 Å². The van der Waals surface area contributed by atoms with Crippen molar-refractivity contribution in [1.29, 1.82) is 0 Å². The molecule has 1 rings (SSSR count). The summed E-state index contributed by atoms with van der Waals surface area (Å²) in [6, 6.07) is 1.44. The number of hydrogen-bond acceptors (Lipinski definition) is 4. The molecule has 0 spiro atoms. The van der Waals surface area contributed by atoms with Gasteiger partial charge >= 0.3 is 0 Å². The van der Waals surface area contributed by atoms with E-state index < -0.39 is 10.0 Å². The van der Waals surface area contributed by atoms with E-state index in [1.165, 1.54) is 18.5 Å². The van der Waals surface area contributed by atoms with Crippen LogP contribution in [0.25, 0.3) is 0 Å². The molecule has 0 bridgehead atoms. The van der Waals surface area contributed by atoms with Crippen molar-refractivity contribution in [3.8, 4) is 11.8 Å². The minimum atomic E-state index is -3.56. The van der Waals surface area contributed by atoms with Crippen molar-refractivity contribution in [1.82, 2.24) is 9.71 Å². The highest BCUT2D eigenvalue weighted by Gasteiger charge is 2.15. The lowest BCUT2D eigenvalue weighted by Gasteiger charge is -2.10. The van der Waals surface area contributed by atoms with Gasteiger partial charge in [-0.1, -0.05) is 32.1 Å². The van der Waals surface area contributed by atoms with Crippen LogP contribution in [0.2, 0.25) is 0 Å². The first-order valence-corrected chi connectivity index (χ1v) is 7.52. The Bertz CT molecular complexity index is 573. The lowest BCUT2D eigenvalue weighted by Crippen LogP contribution is -2.28. The number of nitrogens with one attached hydrogen (secondary N) is 1. The van der Waals surface area contributed by atoms with Crippen LogP contribution in [0.15, 0.2) is 23.4 Å². The highest BCUT2D eigenvalue weighted by atomic mass is 32.2. The molecule has 1 aromatic rings. The largest absolute Gasteiger partial charge is 0.384 e. The average Bonchev–Trinajstić information content (AvgIpc) is 2.43. The highest BCUT2D eigenvalue weighted by Crippen LogP contribution is 2.10. The van der Waals surface area contributed by atoms with E-state index in [0.717, 1.165) is 6.42 Å². The summed E-state index contributed by atoms with van der Waals surface area (Å²) in [5, 5.41) is 8.60. The van der Waals surface area contributed by atoms with Crippen molar-refractivity contribution >= 4 is 10.0 Å². The molecule has 0 radical (unpaired) electrons. The fourth-order valence-corrected chi connectivity index (χ4v) is 2.41. The van der Waals surface area contributed by atoms with E-state index in [9.17, 15) is 8.42 Å². The maximum absolute atomic E-state index is 12.0. The van der Waals surface area contributed by atoms with E-state index in [2.05, 4.69) is 21.5 Å². The minimum absolute atomic E-state index is 0.0838. The van der Waals surface area contributed by atoms with Crippen molar-refractivity contribution in [3.63, 3.8) is 0 Å². The number of sulfonamides is 1. The molecule has 0 aromatic carbocycles. The molecule has 5 nitrogen and oxygen atoms in total. The van der Waals surface area contributed by atoms with Crippen LogP contribution >= 0.6 is 0 Å². The van der Waals surface area contributed by atoms with Crippen LogP contribution in [0.1, 0.15) is 25.8 Å². The van der Waals surface area contributed by atoms with Crippen LogP contribution < -0.4 is 4.72 Å². The van der Waals surface area contributed by atoms with Crippen LogP contribution in [0.5, 0.6) is 0 Å². The molecule has 0 aliphatic rings. The predicted molar refractivity (Wildman–Crippen MR) is 72.8 cm³/mol. The lowest BCUT2D eigenvalue weighted by atomic mass is 10.1. The van der Waals surface area contributed by atoms with E-state index in [-0.39, 0.29) is 17.4 Å². The molecule has 104 valence electrons. The number of hydrogen-bond donors (Lipinski definition) is 2. The van der Waals surface area contributed by atoms with Crippen molar-refractivity contribution in [2.45, 2.75) is 25.2 Å². The monoisotopic (exact) mass is 282 g/mol. The van der Waals surface area contributed by atoms with Gasteiger partial charge in [-0.05, 0) is 12.0 Å². The third kappa shape index (κ3) is 4.99. The first kappa shape index (κ1) is 15.6. The Kier molecular flexibility index (Phi) is 5.96. The first-order valence-electron chi connectivity index (χ1n) is 6.04. The Balaban J connectivity index is 2.89. The summed E-state index contributed by atoms with van der Waals surface area (Å²) >= 11 is 0.